The van der Waals surface area contributed by atoms with E-state index < -0.39 is 0 Å². The Hall–Kier alpha value is -0.900. The number of piperazine rings is 1. The van der Waals surface area contributed by atoms with Crippen LogP contribution in [0.2, 0.25) is 0 Å². The van der Waals surface area contributed by atoms with E-state index in [0.29, 0.717) is 0 Å². The van der Waals surface area contributed by atoms with Crippen LogP contribution in [-0.2, 0) is 0 Å². The highest BCUT2D eigenvalue weighted by Crippen LogP contribution is 2.24. The number of nitrogens with one attached hydrogen (secondary N) is 1. The molecule has 1 aromatic rings. The van der Waals surface area contributed by atoms with Gasteiger partial charge in [0.1, 0.15) is 5.82 Å². The molecule has 1 N–H and O–H groups in total. The lowest BCUT2D eigenvalue weighted by Gasteiger charge is -2.33. The fourth-order valence-corrected chi connectivity index (χ4v) is 2.15. The second kappa shape index (κ2) is 6.74. The monoisotopic (exact) mass is 256 g/mol. The van der Waals surface area contributed by atoms with Crippen LogP contribution < -0.4 is 5.32 Å². The van der Waals surface area contributed by atoms with Crippen LogP contribution in [0, 0.1) is 5.82 Å². The summed E-state index contributed by atoms with van der Waals surface area (Å²) in [6.07, 6.45) is 1.82. The lowest BCUT2D eigenvalue weighted by atomic mass is 10.0. The zero-order valence-corrected chi connectivity index (χ0v) is 10.5. The number of halogens is 2. The minimum atomic E-state index is -0.147. The molecule has 17 heavy (non-hydrogen) atoms. The minimum absolute atomic E-state index is 0. The highest BCUT2D eigenvalue weighted by molar-refractivity contribution is 5.85. The van der Waals surface area contributed by atoms with Crippen LogP contribution in [0.4, 0.5) is 4.39 Å². The third-order valence-electron chi connectivity index (χ3n) is 2.99. The highest BCUT2D eigenvalue weighted by atomic mass is 35.5. The summed E-state index contributed by atoms with van der Waals surface area (Å²) in [6, 6.07) is 6.93. The molecule has 0 bridgehead atoms. The van der Waals surface area contributed by atoms with Crippen molar-refractivity contribution in [3.05, 3.63) is 48.3 Å². The van der Waals surface area contributed by atoms with Crippen molar-refractivity contribution in [3.8, 4) is 0 Å². The number of hydrogen-bond donors (Lipinski definition) is 1. The van der Waals surface area contributed by atoms with Crippen molar-refractivity contribution in [2.75, 3.05) is 26.2 Å². The Labute approximate surface area is 108 Å². The molecule has 1 saturated heterocycles. The van der Waals surface area contributed by atoms with E-state index in [9.17, 15) is 4.39 Å². The number of benzene rings is 1. The Morgan fingerprint density at radius 1 is 1.29 bits per heavy atom. The Kier molecular flexibility index (Phi) is 5.62. The molecule has 1 heterocycles. The first-order valence-corrected chi connectivity index (χ1v) is 5.64. The second-order valence-electron chi connectivity index (χ2n) is 3.99. The highest BCUT2D eigenvalue weighted by Gasteiger charge is 2.21. The fraction of sp³-hybridized carbons (Fsp3) is 0.385. The largest absolute Gasteiger partial charge is 0.314 e. The summed E-state index contributed by atoms with van der Waals surface area (Å²) in [4.78, 5) is 2.25. The fourth-order valence-electron chi connectivity index (χ4n) is 2.15. The Bertz CT molecular complexity index is 364. The topological polar surface area (TPSA) is 15.3 Å². The second-order valence-corrected chi connectivity index (χ2v) is 3.99. The van der Waals surface area contributed by atoms with Gasteiger partial charge in [0.25, 0.3) is 0 Å². The van der Waals surface area contributed by atoms with Crippen LogP contribution in [0.3, 0.4) is 0 Å². The van der Waals surface area contributed by atoms with Crippen molar-refractivity contribution < 1.29 is 4.39 Å². The summed E-state index contributed by atoms with van der Waals surface area (Å²) < 4.78 is 13.7. The summed E-state index contributed by atoms with van der Waals surface area (Å²) in [5.74, 6) is -0.147. The predicted molar refractivity (Wildman–Crippen MR) is 71.0 cm³/mol. The van der Waals surface area contributed by atoms with E-state index in [2.05, 4.69) is 16.8 Å². The van der Waals surface area contributed by atoms with Gasteiger partial charge in [-0.15, -0.1) is 19.0 Å². The summed E-state index contributed by atoms with van der Waals surface area (Å²) in [6.45, 7) is 7.61. The van der Waals surface area contributed by atoms with Crippen molar-refractivity contribution in [3.63, 3.8) is 0 Å². The van der Waals surface area contributed by atoms with Gasteiger partial charge in [-0.25, -0.2) is 4.39 Å². The molecule has 0 spiro atoms. The van der Waals surface area contributed by atoms with Gasteiger partial charge in [0.05, 0.1) is 6.04 Å². The molecule has 1 aromatic carbocycles. The molecule has 1 aliphatic rings. The van der Waals surface area contributed by atoms with Crippen LogP contribution in [0.25, 0.3) is 0 Å². The third kappa shape index (κ3) is 3.28. The molecule has 0 amide bonds. The van der Waals surface area contributed by atoms with E-state index >= 15 is 0 Å². The van der Waals surface area contributed by atoms with Gasteiger partial charge in [0.2, 0.25) is 0 Å². The molecule has 1 aliphatic heterocycles. The van der Waals surface area contributed by atoms with E-state index in [4.69, 9.17) is 0 Å². The molecular weight excluding hydrogens is 239 g/mol. The molecular formula is C13H18ClFN2. The molecule has 2 nitrogen and oxygen atoms in total. The van der Waals surface area contributed by atoms with Crippen molar-refractivity contribution in [2.24, 2.45) is 0 Å². The van der Waals surface area contributed by atoms with Gasteiger partial charge in [-0.1, -0.05) is 24.3 Å². The Balaban J connectivity index is 0.00000144. The van der Waals surface area contributed by atoms with Crippen molar-refractivity contribution >= 4 is 12.4 Å². The summed E-state index contributed by atoms with van der Waals surface area (Å²) in [7, 11) is 0. The van der Waals surface area contributed by atoms with E-state index in [-0.39, 0.29) is 24.3 Å². The van der Waals surface area contributed by atoms with Gasteiger partial charge < -0.3 is 5.32 Å². The van der Waals surface area contributed by atoms with Crippen molar-refractivity contribution in [2.45, 2.75) is 6.04 Å². The smallest absolute Gasteiger partial charge is 0.128 e. The van der Waals surface area contributed by atoms with Gasteiger partial charge in [-0.3, -0.25) is 4.90 Å². The quantitative estimate of drug-likeness (QED) is 0.836. The average molecular weight is 257 g/mol. The number of hydrogen-bond acceptors (Lipinski definition) is 2. The van der Waals surface area contributed by atoms with E-state index in [1.54, 1.807) is 6.07 Å². The first-order valence-electron chi connectivity index (χ1n) is 5.64. The molecule has 0 aliphatic carbocycles. The normalized spacial score (nSPS) is 18.2. The molecule has 2 rings (SSSR count). The van der Waals surface area contributed by atoms with Gasteiger partial charge in [0.15, 0.2) is 0 Å². The zero-order chi connectivity index (χ0) is 11.4. The SMILES string of the molecule is C=C[C@@H](c1ccccc1F)N1CCNCC1.Cl. The first-order chi connectivity index (χ1) is 7.83. The standard InChI is InChI=1S/C13H17FN2.ClH/c1-2-13(16-9-7-15-8-10-16)11-5-3-4-6-12(11)14;/h2-6,13,15H,1,7-10H2;1H/t13-;/m0./s1. The van der Waals surface area contributed by atoms with Gasteiger partial charge in [0, 0.05) is 31.7 Å². The summed E-state index contributed by atoms with van der Waals surface area (Å²) in [5, 5.41) is 3.29. The molecule has 0 saturated carbocycles. The number of nitrogens with zero attached hydrogens (tertiary/aromatic N) is 1. The van der Waals surface area contributed by atoms with Crippen molar-refractivity contribution in [1.29, 1.82) is 0 Å². The summed E-state index contributed by atoms with van der Waals surface area (Å²) >= 11 is 0. The average Bonchev–Trinajstić information content (AvgIpc) is 2.34. The lowest BCUT2D eigenvalue weighted by Crippen LogP contribution is -2.44. The van der Waals surface area contributed by atoms with E-state index in [1.807, 2.05) is 18.2 Å². The summed E-state index contributed by atoms with van der Waals surface area (Å²) in [5.41, 5.74) is 0.722. The van der Waals surface area contributed by atoms with E-state index in [1.165, 1.54) is 6.07 Å². The van der Waals surface area contributed by atoms with E-state index in [0.717, 1.165) is 31.7 Å². The van der Waals surface area contributed by atoms with Gasteiger partial charge in [-0.2, -0.15) is 0 Å². The third-order valence-corrected chi connectivity index (χ3v) is 2.99. The van der Waals surface area contributed by atoms with Crippen LogP contribution in [0.5, 0.6) is 0 Å². The van der Waals surface area contributed by atoms with Crippen LogP contribution >= 0.6 is 12.4 Å². The van der Waals surface area contributed by atoms with Crippen LogP contribution in [-0.4, -0.2) is 31.1 Å². The molecule has 0 radical (unpaired) electrons. The molecule has 0 aromatic heterocycles. The van der Waals surface area contributed by atoms with Crippen molar-refractivity contribution in [1.82, 2.24) is 10.2 Å². The molecule has 4 heteroatoms. The maximum Gasteiger partial charge on any atom is 0.128 e. The molecule has 1 atom stereocenters. The maximum atomic E-state index is 13.7. The lowest BCUT2D eigenvalue weighted by molar-refractivity contribution is 0.200. The van der Waals surface area contributed by atoms with Gasteiger partial charge in [-0.05, 0) is 6.07 Å². The molecule has 0 unspecified atom stereocenters. The predicted octanol–water partition coefficient (Wildman–Crippen LogP) is 2.38. The first kappa shape index (κ1) is 14.2. The maximum absolute atomic E-state index is 13.7. The van der Waals surface area contributed by atoms with Gasteiger partial charge >= 0.3 is 0 Å². The Morgan fingerprint density at radius 2 is 1.94 bits per heavy atom. The van der Waals surface area contributed by atoms with Crippen LogP contribution in [0.1, 0.15) is 11.6 Å². The Morgan fingerprint density at radius 3 is 2.53 bits per heavy atom. The zero-order valence-electron chi connectivity index (χ0n) is 9.73. The minimum Gasteiger partial charge on any atom is -0.314 e. The van der Waals surface area contributed by atoms with Crippen LogP contribution in [0.15, 0.2) is 36.9 Å². The molecule has 94 valence electrons. The molecule has 1 fully saturated rings. The number of rotatable bonds is 3.